The molecule has 1 amide bonds. The van der Waals surface area contributed by atoms with Gasteiger partial charge in [-0.1, -0.05) is 23.7 Å². The van der Waals surface area contributed by atoms with Crippen LogP contribution in [0, 0.1) is 0 Å². The summed E-state index contributed by atoms with van der Waals surface area (Å²) in [7, 11) is 0. The van der Waals surface area contributed by atoms with Gasteiger partial charge in [0.1, 0.15) is 5.76 Å². The molecule has 2 aromatic rings. The molecule has 0 radical (unpaired) electrons. The van der Waals surface area contributed by atoms with Gasteiger partial charge in [0.2, 0.25) is 5.91 Å². The van der Waals surface area contributed by atoms with E-state index in [1.807, 2.05) is 43.3 Å². The van der Waals surface area contributed by atoms with Gasteiger partial charge in [-0.05, 0) is 36.8 Å². The Morgan fingerprint density at radius 2 is 2.10 bits per heavy atom. The zero-order chi connectivity index (χ0) is 14.4. The molecule has 0 fully saturated rings. The van der Waals surface area contributed by atoms with Crippen molar-refractivity contribution >= 4 is 29.3 Å². The van der Waals surface area contributed by atoms with E-state index < -0.39 is 0 Å². The van der Waals surface area contributed by atoms with Crippen LogP contribution in [0.25, 0.3) is 0 Å². The van der Waals surface area contributed by atoms with Gasteiger partial charge in [-0.2, -0.15) is 0 Å². The van der Waals surface area contributed by atoms with Crippen LogP contribution in [0.1, 0.15) is 24.3 Å². The lowest BCUT2D eigenvalue weighted by Gasteiger charge is -2.11. The summed E-state index contributed by atoms with van der Waals surface area (Å²) in [6.07, 6.45) is 1.60. The summed E-state index contributed by atoms with van der Waals surface area (Å²) < 4.78 is 5.25. The topological polar surface area (TPSA) is 42.2 Å². The maximum atomic E-state index is 11.8. The van der Waals surface area contributed by atoms with Crippen molar-refractivity contribution in [3.05, 3.63) is 59.0 Å². The number of carbonyl (C=O) groups excluding carboxylic acids is 1. The van der Waals surface area contributed by atoms with Crippen LogP contribution >= 0.6 is 23.4 Å². The van der Waals surface area contributed by atoms with Crippen molar-refractivity contribution in [1.29, 1.82) is 0 Å². The fourth-order valence-corrected chi connectivity index (χ4v) is 2.66. The zero-order valence-corrected chi connectivity index (χ0v) is 12.7. The van der Waals surface area contributed by atoms with Gasteiger partial charge in [0, 0.05) is 10.8 Å². The summed E-state index contributed by atoms with van der Waals surface area (Å²) in [5.74, 6) is 1.99. The largest absolute Gasteiger partial charge is 0.467 e. The fourth-order valence-electron chi connectivity index (χ4n) is 1.73. The van der Waals surface area contributed by atoms with Crippen LogP contribution in [0.5, 0.6) is 0 Å². The van der Waals surface area contributed by atoms with Crippen molar-refractivity contribution < 1.29 is 9.21 Å². The summed E-state index contributed by atoms with van der Waals surface area (Å²) in [6, 6.07) is 11.2. The van der Waals surface area contributed by atoms with E-state index in [9.17, 15) is 4.79 Å². The number of carbonyl (C=O) groups is 1. The third-order valence-electron chi connectivity index (χ3n) is 2.76. The second-order valence-electron chi connectivity index (χ2n) is 4.42. The standard InChI is InChI=1S/C15H16ClNO2S/c1-11(14-3-2-8-19-14)17-15(18)10-20-9-12-4-6-13(16)7-5-12/h2-8,11H,9-10H2,1H3,(H,17,18)/t11-/m1/s1. The predicted molar refractivity (Wildman–Crippen MR) is 82.9 cm³/mol. The molecule has 106 valence electrons. The number of rotatable bonds is 6. The molecule has 0 spiro atoms. The van der Waals surface area contributed by atoms with Crippen molar-refractivity contribution in [3.8, 4) is 0 Å². The van der Waals surface area contributed by atoms with Crippen molar-refractivity contribution in [1.82, 2.24) is 5.32 Å². The highest BCUT2D eigenvalue weighted by Crippen LogP contribution is 2.16. The lowest BCUT2D eigenvalue weighted by atomic mass is 10.2. The summed E-state index contributed by atoms with van der Waals surface area (Å²) >= 11 is 7.40. The van der Waals surface area contributed by atoms with Gasteiger partial charge in [0.05, 0.1) is 18.1 Å². The molecule has 0 bridgehead atoms. The van der Waals surface area contributed by atoms with Crippen molar-refractivity contribution in [3.63, 3.8) is 0 Å². The molecule has 20 heavy (non-hydrogen) atoms. The Labute approximate surface area is 127 Å². The highest BCUT2D eigenvalue weighted by Gasteiger charge is 2.11. The van der Waals surface area contributed by atoms with E-state index in [1.165, 1.54) is 0 Å². The van der Waals surface area contributed by atoms with Crippen molar-refractivity contribution in [2.75, 3.05) is 5.75 Å². The van der Waals surface area contributed by atoms with Crippen LogP contribution in [0.2, 0.25) is 5.02 Å². The minimum atomic E-state index is -0.103. The van der Waals surface area contributed by atoms with Crippen molar-refractivity contribution in [2.45, 2.75) is 18.7 Å². The lowest BCUT2D eigenvalue weighted by Crippen LogP contribution is -2.27. The summed E-state index contributed by atoms with van der Waals surface area (Å²) in [5, 5.41) is 3.63. The van der Waals surface area contributed by atoms with Crippen LogP contribution < -0.4 is 5.32 Å². The van der Waals surface area contributed by atoms with Gasteiger partial charge in [0.25, 0.3) is 0 Å². The molecule has 3 nitrogen and oxygen atoms in total. The number of thioether (sulfide) groups is 1. The average molecular weight is 310 g/mol. The normalized spacial score (nSPS) is 12.1. The van der Waals surface area contributed by atoms with Gasteiger partial charge in [-0.15, -0.1) is 11.8 Å². The molecule has 5 heteroatoms. The molecule has 1 N–H and O–H groups in total. The molecular weight excluding hydrogens is 294 g/mol. The van der Waals surface area contributed by atoms with Crippen LogP contribution in [-0.2, 0) is 10.5 Å². The third-order valence-corrected chi connectivity index (χ3v) is 4.02. The number of hydrogen-bond acceptors (Lipinski definition) is 3. The molecule has 0 saturated carbocycles. The highest BCUT2D eigenvalue weighted by molar-refractivity contribution is 7.99. The Bertz CT molecular complexity index is 540. The highest BCUT2D eigenvalue weighted by atomic mass is 35.5. The monoisotopic (exact) mass is 309 g/mol. The number of nitrogens with one attached hydrogen (secondary N) is 1. The van der Waals surface area contributed by atoms with Gasteiger partial charge in [-0.25, -0.2) is 0 Å². The molecule has 0 saturated heterocycles. The van der Waals surface area contributed by atoms with Crippen LogP contribution in [-0.4, -0.2) is 11.7 Å². The first kappa shape index (κ1) is 15.0. The Kier molecular flexibility index (Phi) is 5.56. The molecule has 0 aliphatic heterocycles. The van der Waals surface area contributed by atoms with E-state index in [0.29, 0.717) is 5.75 Å². The number of benzene rings is 1. The van der Waals surface area contributed by atoms with Crippen LogP contribution in [0.15, 0.2) is 47.1 Å². The molecule has 0 unspecified atom stereocenters. The van der Waals surface area contributed by atoms with Gasteiger partial charge in [0.15, 0.2) is 0 Å². The predicted octanol–water partition coefficient (Wildman–Crippen LogP) is 4.04. The number of furan rings is 1. The van der Waals surface area contributed by atoms with Crippen LogP contribution in [0.4, 0.5) is 0 Å². The first-order valence-electron chi connectivity index (χ1n) is 6.30. The van der Waals surface area contributed by atoms with E-state index >= 15 is 0 Å². The van der Waals surface area contributed by atoms with E-state index in [4.69, 9.17) is 16.0 Å². The minimum absolute atomic E-state index is 0.00728. The Morgan fingerprint density at radius 3 is 2.75 bits per heavy atom. The SMILES string of the molecule is C[C@@H](NC(=O)CSCc1ccc(Cl)cc1)c1ccco1. The van der Waals surface area contributed by atoms with Crippen molar-refractivity contribution in [2.24, 2.45) is 0 Å². The van der Waals surface area contributed by atoms with E-state index in [2.05, 4.69) is 5.32 Å². The lowest BCUT2D eigenvalue weighted by molar-refractivity contribution is -0.119. The number of halogens is 1. The maximum absolute atomic E-state index is 11.8. The van der Waals surface area contributed by atoms with E-state index in [-0.39, 0.29) is 11.9 Å². The number of hydrogen-bond donors (Lipinski definition) is 1. The average Bonchev–Trinajstić information content (AvgIpc) is 2.95. The quantitative estimate of drug-likeness (QED) is 0.875. The second kappa shape index (κ2) is 7.41. The van der Waals surface area contributed by atoms with Gasteiger partial charge < -0.3 is 9.73 Å². The minimum Gasteiger partial charge on any atom is -0.467 e. The van der Waals surface area contributed by atoms with Crippen LogP contribution in [0.3, 0.4) is 0 Å². The molecule has 1 atom stereocenters. The molecule has 0 aliphatic carbocycles. The first-order valence-corrected chi connectivity index (χ1v) is 7.83. The third kappa shape index (κ3) is 4.62. The van der Waals surface area contributed by atoms with E-state index in [0.717, 1.165) is 22.1 Å². The Balaban J connectivity index is 1.71. The maximum Gasteiger partial charge on any atom is 0.230 e. The molecule has 1 aromatic carbocycles. The molecule has 1 aromatic heterocycles. The molecular formula is C15H16ClNO2S. The zero-order valence-electron chi connectivity index (χ0n) is 11.1. The molecule has 0 aliphatic rings. The smallest absolute Gasteiger partial charge is 0.230 e. The summed E-state index contributed by atoms with van der Waals surface area (Å²) in [6.45, 7) is 1.90. The van der Waals surface area contributed by atoms with E-state index in [1.54, 1.807) is 18.0 Å². The summed E-state index contributed by atoms with van der Waals surface area (Å²) in [4.78, 5) is 11.8. The van der Waals surface area contributed by atoms with Gasteiger partial charge >= 0.3 is 0 Å². The second-order valence-corrected chi connectivity index (χ2v) is 5.85. The Hall–Kier alpha value is -1.39. The Morgan fingerprint density at radius 1 is 1.35 bits per heavy atom. The number of amides is 1. The first-order chi connectivity index (χ1) is 9.65. The molecule has 2 rings (SSSR count). The fraction of sp³-hybridized carbons (Fsp3) is 0.267. The summed E-state index contributed by atoms with van der Waals surface area (Å²) in [5.41, 5.74) is 1.16. The van der Waals surface area contributed by atoms with Gasteiger partial charge in [-0.3, -0.25) is 4.79 Å². The molecule has 1 heterocycles.